The van der Waals surface area contributed by atoms with Crippen LogP contribution in [0.4, 0.5) is 0 Å². The van der Waals surface area contributed by atoms with Crippen molar-refractivity contribution < 1.29 is 4.74 Å². The van der Waals surface area contributed by atoms with Gasteiger partial charge in [-0.05, 0) is 38.0 Å². The minimum atomic E-state index is 0.501. The average Bonchev–Trinajstić information content (AvgIpc) is 2.37. The third kappa shape index (κ3) is 2.07. The van der Waals surface area contributed by atoms with E-state index in [2.05, 4.69) is 19.9 Å². The Bertz CT molecular complexity index is 305. The van der Waals surface area contributed by atoms with Crippen molar-refractivity contribution in [1.82, 2.24) is 0 Å². The van der Waals surface area contributed by atoms with Crippen LogP contribution < -0.4 is 0 Å². The molecule has 1 saturated carbocycles. The lowest BCUT2D eigenvalue weighted by Gasteiger charge is -2.48. The summed E-state index contributed by atoms with van der Waals surface area (Å²) in [4.78, 5) is 0. The van der Waals surface area contributed by atoms with E-state index in [1.807, 2.05) is 0 Å². The SMILES string of the molecule is CC(C)[C@@H]1O[C@@H]2CCCC[C@H]2C2=CCCC[C@H]21. The minimum absolute atomic E-state index is 0.501. The maximum atomic E-state index is 6.48. The second-order valence-corrected chi connectivity index (χ2v) is 6.52. The standard InChI is InChI=1S/C16H26O/c1-11(2)16-14-9-4-3-7-12(14)13-8-5-6-10-15(13)17-16/h7,11,13-16H,3-6,8-10H2,1-2H3/t13-,14+,15+,16-/m0/s1. The van der Waals surface area contributed by atoms with E-state index in [1.54, 1.807) is 5.57 Å². The van der Waals surface area contributed by atoms with Crippen LogP contribution in [-0.2, 0) is 4.74 Å². The molecule has 0 N–H and O–H groups in total. The summed E-state index contributed by atoms with van der Waals surface area (Å²) in [7, 11) is 0. The highest BCUT2D eigenvalue weighted by Gasteiger charge is 2.43. The Morgan fingerprint density at radius 3 is 2.65 bits per heavy atom. The van der Waals surface area contributed by atoms with Gasteiger partial charge in [0.1, 0.15) is 0 Å². The van der Waals surface area contributed by atoms with Gasteiger partial charge in [0, 0.05) is 11.8 Å². The Kier molecular flexibility index (Phi) is 3.30. The molecule has 0 aromatic rings. The monoisotopic (exact) mass is 234 g/mol. The third-order valence-electron chi connectivity index (χ3n) is 5.04. The summed E-state index contributed by atoms with van der Waals surface area (Å²) < 4.78 is 6.48. The molecule has 0 spiro atoms. The molecule has 0 unspecified atom stereocenters. The van der Waals surface area contributed by atoms with Crippen LogP contribution >= 0.6 is 0 Å². The quantitative estimate of drug-likeness (QED) is 0.614. The molecule has 0 aromatic carbocycles. The molecule has 1 saturated heterocycles. The van der Waals surface area contributed by atoms with Gasteiger partial charge in [-0.1, -0.05) is 38.3 Å². The van der Waals surface area contributed by atoms with Crippen LogP contribution in [0.3, 0.4) is 0 Å². The van der Waals surface area contributed by atoms with Crippen molar-refractivity contribution in [1.29, 1.82) is 0 Å². The van der Waals surface area contributed by atoms with Gasteiger partial charge in [0.05, 0.1) is 12.2 Å². The first-order valence-electron chi connectivity index (χ1n) is 7.63. The van der Waals surface area contributed by atoms with E-state index >= 15 is 0 Å². The van der Waals surface area contributed by atoms with Gasteiger partial charge in [-0.2, -0.15) is 0 Å². The van der Waals surface area contributed by atoms with Crippen molar-refractivity contribution in [3.05, 3.63) is 11.6 Å². The highest BCUT2D eigenvalue weighted by Crippen LogP contribution is 2.47. The van der Waals surface area contributed by atoms with Crippen LogP contribution in [0.5, 0.6) is 0 Å². The van der Waals surface area contributed by atoms with E-state index in [0.717, 1.165) is 11.8 Å². The van der Waals surface area contributed by atoms with E-state index in [4.69, 9.17) is 4.74 Å². The van der Waals surface area contributed by atoms with E-state index in [9.17, 15) is 0 Å². The number of hydrogen-bond acceptors (Lipinski definition) is 1. The van der Waals surface area contributed by atoms with Gasteiger partial charge in [0.15, 0.2) is 0 Å². The summed E-state index contributed by atoms with van der Waals surface area (Å²) >= 11 is 0. The molecule has 0 bridgehead atoms. The van der Waals surface area contributed by atoms with E-state index in [0.29, 0.717) is 18.1 Å². The molecule has 1 aliphatic heterocycles. The number of ether oxygens (including phenoxy) is 1. The lowest BCUT2D eigenvalue weighted by Crippen LogP contribution is -2.47. The fraction of sp³-hybridized carbons (Fsp3) is 0.875. The summed E-state index contributed by atoms with van der Waals surface area (Å²) in [5.74, 6) is 2.21. The molecule has 1 heteroatoms. The van der Waals surface area contributed by atoms with Crippen LogP contribution in [0, 0.1) is 17.8 Å². The summed E-state index contributed by atoms with van der Waals surface area (Å²) in [6.07, 6.45) is 13.2. The van der Waals surface area contributed by atoms with Gasteiger partial charge in [-0.3, -0.25) is 0 Å². The molecule has 1 heterocycles. The lowest BCUT2D eigenvalue weighted by molar-refractivity contribution is -0.121. The van der Waals surface area contributed by atoms with Crippen molar-refractivity contribution in [2.24, 2.45) is 17.8 Å². The van der Waals surface area contributed by atoms with Crippen molar-refractivity contribution in [3.63, 3.8) is 0 Å². The van der Waals surface area contributed by atoms with Gasteiger partial charge in [0.2, 0.25) is 0 Å². The smallest absolute Gasteiger partial charge is 0.0667 e. The summed E-state index contributed by atoms with van der Waals surface area (Å²) in [6.45, 7) is 4.67. The average molecular weight is 234 g/mol. The zero-order valence-corrected chi connectivity index (χ0v) is 11.3. The normalized spacial score (nSPS) is 41.7. The number of hydrogen-bond donors (Lipinski definition) is 0. The Labute approximate surface area is 106 Å². The van der Waals surface area contributed by atoms with Crippen LogP contribution in [0.2, 0.25) is 0 Å². The topological polar surface area (TPSA) is 9.23 Å². The van der Waals surface area contributed by atoms with Crippen molar-refractivity contribution >= 4 is 0 Å². The van der Waals surface area contributed by atoms with E-state index in [-0.39, 0.29) is 0 Å². The molecule has 3 aliphatic rings. The maximum Gasteiger partial charge on any atom is 0.0667 e. The fourth-order valence-electron chi connectivity index (χ4n) is 4.26. The van der Waals surface area contributed by atoms with Gasteiger partial charge in [-0.15, -0.1) is 0 Å². The Morgan fingerprint density at radius 2 is 1.82 bits per heavy atom. The first-order chi connectivity index (χ1) is 8.27. The minimum Gasteiger partial charge on any atom is -0.373 e. The molecule has 0 aromatic heterocycles. The predicted molar refractivity (Wildman–Crippen MR) is 70.9 cm³/mol. The molecule has 3 rings (SSSR count). The molecule has 4 atom stereocenters. The first kappa shape index (κ1) is 11.8. The molecular formula is C16H26O. The van der Waals surface area contributed by atoms with Crippen LogP contribution in [-0.4, -0.2) is 12.2 Å². The first-order valence-corrected chi connectivity index (χ1v) is 7.63. The second kappa shape index (κ2) is 4.76. The Morgan fingerprint density at radius 1 is 1.06 bits per heavy atom. The zero-order chi connectivity index (χ0) is 11.8. The summed E-state index contributed by atoms with van der Waals surface area (Å²) in [6, 6.07) is 0. The molecule has 2 fully saturated rings. The van der Waals surface area contributed by atoms with Gasteiger partial charge in [-0.25, -0.2) is 0 Å². The van der Waals surface area contributed by atoms with Crippen LogP contribution in [0.1, 0.15) is 58.8 Å². The molecule has 1 nitrogen and oxygen atoms in total. The third-order valence-corrected chi connectivity index (χ3v) is 5.04. The fourth-order valence-corrected chi connectivity index (χ4v) is 4.26. The number of rotatable bonds is 1. The van der Waals surface area contributed by atoms with E-state index in [1.165, 1.54) is 44.9 Å². The van der Waals surface area contributed by atoms with Crippen molar-refractivity contribution in [2.75, 3.05) is 0 Å². The van der Waals surface area contributed by atoms with Crippen molar-refractivity contribution in [3.8, 4) is 0 Å². The lowest BCUT2D eigenvalue weighted by atomic mass is 9.67. The van der Waals surface area contributed by atoms with Gasteiger partial charge < -0.3 is 4.74 Å². The highest BCUT2D eigenvalue weighted by molar-refractivity contribution is 5.20. The Hall–Kier alpha value is -0.300. The van der Waals surface area contributed by atoms with Gasteiger partial charge >= 0.3 is 0 Å². The van der Waals surface area contributed by atoms with Crippen LogP contribution in [0.15, 0.2) is 11.6 Å². The summed E-state index contributed by atoms with van der Waals surface area (Å²) in [5, 5.41) is 0. The van der Waals surface area contributed by atoms with Crippen LogP contribution in [0.25, 0.3) is 0 Å². The van der Waals surface area contributed by atoms with Gasteiger partial charge in [0.25, 0.3) is 0 Å². The number of allylic oxidation sites excluding steroid dienone is 1. The van der Waals surface area contributed by atoms with E-state index < -0.39 is 0 Å². The largest absolute Gasteiger partial charge is 0.373 e. The molecule has 0 amide bonds. The second-order valence-electron chi connectivity index (χ2n) is 6.52. The molecule has 96 valence electrons. The molecule has 17 heavy (non-hydrogen) atoms. The highest BCUT2D eigenvalue weighted by atomic mass is 16.5. The maximum absolute atomic E-state index is 6.48. The molecule has 2 aliphatic carbocycles. The van der Waals surface area contributed by atoms with Crippen molar-refractivity contribution in [2.45, 2.75) is 71.0 Å². The zero-order valence-electron chi connectivity index (χ0n) is 11.3. The molecule has 0 radical (unpaired) electrons. The predicted octanol–water partition coefficient (Wildman–Crippen LogP) is 4.33. The Balaban J connectivity index is 1.88. The molecular weight excluding hydrogens is 208 g/mol. The summed E-state index contributed by atoms with van der Waals surface area (Å²) in [5.41, 5.74) is 1.80. The number of fused-ring (bicyclic) bond motifs is 3.